The molecule has 0 N–H and O–H groups in total. The lowest BCUT2D eigenvalue weighted by atomic mass is 9.74. The lowest BCUT2D eigenvalue weighted by Gasteiger charge is -2.29. The molecule has 1 heterocycles. The van der Waals surface area contributed by atoms with E-state index in [1.807, 2.05) is 0 Å². The van der Waals surface area contributed by atoms with Crippen molar-refractivity contribution in [3.05, 3.63) is 53.2 Å². The second-order valence-corrected chi connectivity index (χ2v) is 5.54. The van der Waals surface area contributed by atoms with E-state index < -0.39 is 0 Å². The van der Waals surface area contributed by atoms with Gasteiger partial charge in [-0.3, -0.25) is 0 Å². The predicted molar refractivity (Wildman–Crippen MR) is 74.6 cm³/mol. The molecule has 2 aromatic rings. The van der Waals surface area contributed by atoms with Crippen molar-refractivity contribution >= 4 is 0 Å². The molecule has 92 valence electrons. The van der Waals surface area contributed by atoms with E-state index in [0.29, 0.717) is 11.8 Å². The lowest BCUT2D eigenvalue weighted by molar-refractivity contribution is -0.661. The topological polar surface area (TPSA) is 3.88 Å². The summed E-state index contributed by atoms with van der Waals surface area (Å²) in [7, 11) is 2.15. The Morgan fingerprint density at radius 2 is 1.61 bits per heavy atom. The van der Waals surface area contributed by atoms with Gasteiger partial charge in [-0.15, -0.1) is 0 Å². The van der Waals surface area contributed by atoms with Crippen LogP contribution < -0.4 is 4.57 Å². The summed E-state index contributed by atoms with van der Waals surface area (Å²) in [5, 5.41) is 0. The van der Waals surface area contributed by atoms with Crippen LogP contribution in [0.1, 0.15) is 42.4 Å². The molecule has 18 heavy (non-hydrogen) atoms. The number of hydrogen-bond donors (Lipinski definition) is 0. The minimum atomic E-state index is 0.585. The molecule has 0 saturated carbocycles. The molecule has 1 nitrogen and oxygen atoms in total. The van der Waals surface area contributed by atoms with Gasteiger partial charge in [0.1, 0.15) is 7.05 Å². The van der Waals surface area contributed by atoms with E-state index in [1.165, 1.54) is 27.9 Å². The summed E-state index contributed by atoms with van der Waals surface area (Å²) in [6, 6.07) is 11.1. The minimum absolute atomic E-state index is 0.585. The summed E-state index contributed by atoms with van der Waals surface area (Å²) >= 11 is 0. The zero-order valence-electron chi connectivity index (χ0n) is 11.6. The molecule has 2 atom stereocenters. The average Bonchev–Trinajstić information content (AvgIpc) is 2.36. The molecule has 3 rings (SSSR count). The van der Waals surface area contributed by atoms with Crippen molar-refractivity contribution in [2.75, 3.05) is 0 Å². The molecule has 1 heteroatoms. The molecule has 1 aliphatic carbocycles. The fourth-order valence-electron chi connectivity index (χ4n) is 3.25. The Kier molecular flexibility index (Phi) is 2.51. The third kappa shape index (κ3) is 1.43. The second-order valence-electron chi connectivity index (χ2n) is 5.54. The van der Waals surface area contributed by atoms with Crippen LogP contribution in [0.4, 0.5) is 0 Å². The van der Waals surface area contributed by atoms with Crippen molar-refractivity contribution in [2.45, 2.75) is 32.6 Å². The standard InChI is InChI=1S/C17H20N/c1-11-7-5-8-14-12(2)13(3)15-9-6-10-18(4)17(15)16(11)14/h5-10,12-13H,1-4H3/q+1. The van der Waals surface area contributed by atoms with Gasteiger partial charge in [-0.25, -0.2) is 4.57 Å². The van der Waals surface area contributed by atoms with Crippen molar-refractivity contribution in [1.29, 1.82) is 0 Å². The summed E-state index contributed by atoms with van der Waals surface area (Å²) in [6.07, 6.45) is 2.15. The summed E-state index contributed by atoms with van der Waals surface area (Å²) in [4.78, 5) is 0. The molecule has 0 bridgehead atoms. The third-order valence-corrected chi connectivity index (χ3v) is 4.48. The second kappa shape index (κ2) is 3.94. The van der Waals surface area contributed by atoms with Crippen LogP contribution in [-0.4, -0.2) is 0 Å². The van der Waals surface area contributed by atoms with Crippen molar-refractivity contribution in [2.24, 2.45) is 7.05 Å². The number of aromatic nitrogens is 1. The number of rotatable bonds is 0. The largest absolute Gasteiger partial charge is 0.216 e. The van der Waals surface area contributed by atoms with Gasteiger partial charge >= 0.3 is 0 Å². The first-order valence-electron chi connectivity index (χ1n) is 6.69. The van der Waals surface area contributed by atoms with Crippen molar-refractivity contribution in [1.82, 2.24) is 0 Å². The van der Waals surface area contributed by atoms with Crippen LogP contribution in [0.5, 0.6) is 0 Å². The number of hydrogen-bond acceptors (Lipinski definition) is 0. The van der Waals surface area contributed by atoms with E-state index in [0.717, 1.165) is 0 Å². The maximum atomic E-state index is 2.35. The first-order chi connectivity index (χ1) is 8.61. The maximum Gasteiger partial charge on any atom is 0.216 e. The van der Waals surface area contributed by atoms with Crippen LogP contribution in [0.25, 0.3) is 11.3 Å². The summed E-state index contributed by atoms with van der Waals surface area (Å²) in [5.41, 5.74) is 7.21. The highest BCUT2D eigenvalue weighted by Gasteiger charge is 2.33. The quantitative estimate of drug-likeness (QED) is 0.616. The predicted octanol–water partition coefficient (Wildman–Crippen LogP) is 3.71. The molecular weight excluding hydrogens is 218 g/mol. The Morgan fingerprint density at radius 3 is 2.39 bits per heavy atom. The normalized spacial score (nSPS) is 21.3. The van der Waals surface area contributed by atoms with Gasteiger partial charge in [0, 0.05) is 11.6 Å². The zero-order chi connectivity index (χ0) is 12.9. The average molecular weight is 238 g/mol. The van der Waals surface area contributed by atoms with Crippen molar-refractivity contribution in [3.63, 3.8) is 0 Å². The van der Waals surface area contributed by atoms with Crippen LogP contribution in [0.2, 0.25) is 0 Å². The molecule has 1 aromatic carbocycles. The van der Waals surface area contributed by atoms with Gasteiger partial charge in [-0.05, 0) is 36.0 Å². The number of fused-ring (bicyclic) bond motifs is 3. The number of pyridine rings is 1. The van der Waals surface area contributed by atoms with E-state index >= 15 is 0 Å². The Hall–Kier alpha value is -1.63. The van der Waals surface area contributed by atoms with Gasteiger partial charge < -0.3 is 0 Å². The van der Waals surface area contributed by atoms with Crippen molar-refractivity contribution in [3.8, 4) is 11.3 Å². The van der Waals surface area contributed by atoms with Gasteiger partial charge in [0.15, 0.2) is 6.20 Å². The van der Waals surface area contributed by atoms with Gasteiger partial charge in [0.2, 0.25) is 5.69 Å². The summed E-state index contributed by atoms with van der Waals surface area (Å²) < 4.78 is 2.27. The molecule has 0 fully saturated rings. The summed E-state index contributed by atoms with van der Waals surface area (Å²) in [6.45, 7) is 6.91. The summed E-state index contributed by atoms with van der Waals surface area (Å²) in [5.74, 6) is 1.18. The Morgan fingerprint density at radius 1 is 0.944 bits per heavy atom. The smallest absolute Gasteiger partial charge is 0.201 e. The zero-order valence-corrected chi connectivity index (χ0v) is 11.6. The number of nitrogens with zero attached hydrogens (tertiary/aromatic N) is 1. The highest BCUT2D eigenvalue weighted by Crippen LogP contribution is 2.45. The molecule has 2 unspecified atom stereocenters. The highest BCUT2D eigenvalue weighted by atomic mass is 14.9. The van der Waals surface area contributed by atoms with Gasteiger partial charge in [0.25, 0.3) is 0 Å². The van der Waals surface area contributed by atoms with Gasteiger partial charge in [-0.1, -0.05) is 32.0 Å². The van der Waals surface area contributed by atoms with Crippen LogP contribution >= 0.6 is 0 Å². The molecule has 1 aromatic heterocycles. The minimum Gasteiger partial charge on any atom is -0.201 e. The number of aryl methyl sites for hydroxylation is 2. The Bertz CT molecular complexity index is 558. The first kappa shape index (κ1) is 11.5. The van der Waals surface area contributed by atoms with Crippen LogP contribution in [0, 0.1) is 6.92 Å². The highest BCUT2D eigenvalue weighted by molar-refractivity contribution is 5.72. The maximum absolute atomic E-state index is 2.35. The van der Waals surface area contributed by atoms with Crippen LogP contribution in [0.3, 0.4) is 0 Å². The molecular formula is C17H20N+. The van der Waals surface area contributed by atoms with Crippen molar-refractivity contribution < 1.29 is 4.57 Å². The van der Waals surface area contributed by atoms with E-state index in [2.05, 4.69) is 68.9 Å². The monoisotopic (exact) mass is 238 g/mol. The third-order valence-electron chi connectivity index (χ3n) is 4.48. The van der Waals surface area contributed by atoms with E-state index in [4.69, 9.17) is 0 Å². The molecule has 0 spiro atoms. The van der Waals surface area contributed by atoms with Gasteiger partial charge in [0.05, 0.1) is 5.56 Å². The van der Waals surface area contributed by atoms with E-state index in [1.54, 1.807) is 0 Å². The first-order valence-corrected chi connectivity index (χ1v) is 6.69. The molecule has 1 aliphatic rings. The van der Waals surface area contributed by atoms with E-state index in [9.17, 15) is 0 Å². The number of benzene rings is 1. The van der Waals surface area contributed by atoms with Crippen LogP contribution in [0.15, 0.2) is 36.5 Å². The van der Waals surface area contributed by atoms with Crippen LogP contribution in [-0.2, 0) is 7.05 Å². The molecule has 0 amide bonds. The molecule has 0 aliphatic heterocycles. The van der Waals surface area contributed by atoms with E-state index in [-0.39, 0.29) is 0 Å². The molecule has 0 saturated heterocycles. The fourth-order valence-corrected chi connectivity index (χ4v) is 3.25. The molecule has 0 radical (unpaired) electrons. The van der Waals surface area contributed by atoms with Gasteiger partial charge in [-0.2, -0.15) is 0 Å². The SMILES string of the molecule is Cc1cccc2c1-c1c(ccc[n+]1C)C(C)C2C. The lowest BCUT2D eigenvalue weighted by Crippen LogP contribution is -2.34. The Labute approximate surface area is 109 Å². The fraction of sp³-hybridized carbons (Fsp3) is 0.353. The Balaban J connectivity index is 2.42.